The molecule has 0 radical (unpaired) electrons. The van der Waals surface area contributed by atoms with Crippen LogP contribution in [0.5, 0.6) is 0 Å². The summed E-state index contributed by atoms with van der Waals surface area (Å²) in [5.41, 5.74) is 0. The van der Waals surface area contributed by atoms with Gasteiger partial charge < -0.3 is 15.4 Å². The second-order valence-electron chi connectivity index (χ2n) is 2.52. The average molecular weight is 188 g/mol. The van der Waals surface area contributed by atoms with Crippen molar-refractivity contribution < 1.29 is 14.3 Å². The van der Waals surface area contributed by atoms with Gasteiger partial charge in [0.1, 0.15) is 6.61 Å². The largest absolute Gasteiger partial charge is 0.464 e. The molecule has 0 atom stereocenters. The Morgan fingerprint density at radius 3 is 2.38 bits per heavy atom. The van der Waals surface area contributed by atoms with Crippen molar-refractivity contribution in [3.63, 3.8) is 0 Å². The van der Waals surface area contributed by atoms with E-state index in [1.54, 1.807) is 0 Å². The van der Waals surface area contributed by atoms with E-state index in [4.69, 9.17) is 0 Å². The summed E-state index contributed by atoms with van der Waals surface area (Å²) in [4.78, 5) is 21.2. The Bertz CT molecular complexity index is 171. The maximum atomic E-state index is 10.9. The second kappa shape index (κ2) is 7.39. The van der Waals surface area contributed by atoms with Gasteiger partial charge in [-0.25, -0.2) is 4.79 Å². The topological polar surface area (TPSA) is 67.4 Å². The smallest absolute Gasteiger partial charge is 0.314 e. The van der Waals surface area contributed by atoms with Gasteiger partial charge in [0.15, 0.2) is 0 Å². The van der Waals surface area contributed by atoms with Crippen LogP contribution in [-0.4, -0.2) is 31.7 Å². The van der Waals surface area contributed by atoms with Gasteiger partial charge in [0.2, 0.25) is 0 Å². The number of esters is 1. The van der Waals surface area contributed by atoms with Gasteiger partial charge in [0.05, 0.1) is 6.54 Å². The molecule has 0 aromatic rings. The molecule has 0 aliphatic carbocycles. The van der Waals surface area contributed by atoms with Crippen molar-refractivity contribution >= 4 is 12.0 Å². The minimum absolute atomic E-state index is 0.217. The standard InChI is InChI=1S/C8H16N2O3/c1-3-4-9-8(12)10-5-6-13-7(2)11/h3-6H2,1-2H3,(H2,9,10,12). The SMILES string of the molecule is CCCNC(=O)NCCOC(C)=O. The molecule has 0 bridgehead atoms. The predicted octanol–water partition coefficient (Wildman–Crippen LogP) is 0.259. The Labute approximate surface area is 77.8 Å². The molecular weight excluding hydrogens is 172 g/mol. The van der Waals surface area contributed by atoms with E-state index in [1.807, 2.05) is 6.92 Å². The minimum Gasteiger partial charge on any atom is -0.464 e. The summed E-state index contributed by atoms with van der Waals surface area (Å²) < 4.78 is 4.62. The summed E-state index contributed by atoms with van der Waals surface area (Å²) in [6, 6.07) is -0.228. The molecule has 5 heteroatoms. The highest BCUT2D eigenvalue weighted by Crippen LogP contribution is 1.75. The van der Waals surface area contributed by atoms with Crippen LogP contribution in [0.3, 0.4) is 0 Å². The third kappa shape index (κ3) is 8.65. The fraction of sp³-hybridized carbons (Fsp3) is 0.750. The van der Waals surface area contributed by atoms with E-state index in [0.717, 1.165) is 6.42 Å². The normalized spacial score (nSPS) is 9.08. The number of amides is 2. The average Bonchev–Trinajstić information content (AvgIpc) is 2.08. The van der Waals surface area contributed by atoms with E-state index in [1.165, 1.54) is 6.92 Å². The van der Waals surface area contributed by atoms with Crippen LogP contribution in [0, 0.1) is 0 Å². The zero-order chi connectivity index (χ0) is 10.1. The number of rotatable bonds is 5. The van der Waals surface area contributed by atoms with Crippen LogP contribution in [0.1, 0.15) is 20.3 Å². The van der Waals surface area contributed by atoms with Crippen LogP contribution in [-0.2, 0) is 9.53 Å². The monoisotopic (exact) mass is 188 g/mol. The number of ether oxygens (including phenoxy) is 1. The van der Waals surface area contributed by atoms with Gasteiger partial charge in [-0.15, -0.1) is 0 Å². The number of nitrogens with one attached hydrogen (secondary N) is 2. The molecule has 0 rings (SSSR count). The van der Waals surface area contributed by atoms with E-state index in [-0.39, 0.29) is 18.6 Å². The molecule has 76 valence electrons. The molecule has 0 saturated heterocycles. The highest BCUT2D eigenvalue weighted by Gasteiger charge is 1.97. The minimum atomic E-state index is -0.337. The molecule has 0 heterocycles. The summed E-state index contributed by atoms with van der Waals surface area (Å²) in [5, 5.41) is 5.18. The van der Waals surface area contributed by atoms with E-state index < -0.39 is 0 Å². The van der Waals surface area contributed by atoms with Crippen LogP contribution < -0.4 is 10.6 Å². The Hall–Kier alpha value is -1.26. The molecule has 0 aromatic heterocycles. The molecule has 0 unspecified atom stereocenters. The Morgan fingerprint density at radius 2 is 1.85 bits per heavy atom. The van der Waals surface area contributed by atoms with Crippen molar-refractivity contribution in [2.75, 3.05) is 19.7 Å². The molecule has 13 heavy (non-hydrogen) atoms. The number of hydrogen-bond donors (Lipinski definition) is 2. The molecule has 0 spiro atoms. The molecule has 0 aliphatic rings. The lowest BCUT2D eigenvalue weighted by Gasteiger charge is -2.05. The zero-order valence-corrected chi connectivity index (χ0v) is 8.05. The highest BCUT2D eigenvalue weighted by molar-refractivity contribution is 5.73. The van der Waals surface area contributed by atoms with Gasteiger partial charge in [-0.1, -0.05) is 6.92 Å². The molecule has 2 amide bonds. The van der Waals surface area contributed by atoms with Crippen LogP contribution in [0.15, 0.2) is 0 Å². The Morgan fingerprint density at radius 1 is 1.23 bits per heavy atom. The number of hydrogen-bond acceptors (Lipinski definition) is 3. The maximum absolute atomic E-state index is 10.9. The van der Waals surface area contributed by atoms with Crippen LogP contribution in [0.4, 0.5) is 4.79 Å². The molecule has 0 saturated carbocycles. The van der Waals surface area contributed by atoms with Crippen molar-refractivity contribution in [2.45, 2.75) is 20.3 Å². The van der Waals surface area contributed by atoms with E-state index in [9.17, 15) is 9.59 Å². The first-order chi connectivity index (χ1) is 6.16. The first kappa shape index (κ1) is 11.7. The van der Waals surface area contributed by atoms with E-state index in [2.05, 4.69) is 15.4 Å². The lowest BCUT2D eigenvalue weighted by atomic mass is 10.5. The van der Waals surface area contributed by atoms with E-state index in [0.29, 0.717) is 13.1 Å². The predicted molar refractivity (Wildman–Crippen MR) is 48.3 cm³/mol. The maximum Gasteiger partial charge on any atom is 0.314 e. The van der Waals surface area contributed by atoms with Gasteiger partial charge in [0, 0.05) is 13.5 Å². The summed E-state index contributed by atoms with van der Waals surface area (Å²) >= 11 is 0. The number of urea groups is 1. The van der Waals surface area contributed by atoms with Crippen molar-refractivity contribution in [1.82, 2.24) is 10.6 Å². The fourth-order valence-electron chi connectivity index (χ4n) is 0.660. The van der Waals surface area contributed by atoms with Gasteiger partial charge in [-0.3, -0.25) is 4.79 Å². The van der Waals surface area contributed by atoms with Gasteiger partial charge >= 0.3 is 12.0 Å². The van der Waals surface area contributed by atoms with Crippen LogP contribution in [0.2, 0.25) is 0 Å². The molecule has 0 fully saturated rings. The molecule has 5 nitrogen and oxygen atoms in total. The number of carbonyl (C=O) groups is 2. The third-order valence-corrected chi connectivity index (χ3v) is 1.23. The summed E-state index contributed by atoms with van der Waals surface area (Å²) in [7, 11) is 0. The zero-order valence-electron chi connectivity index (χ0n) is 8.05. The lowest BCUT2D eigenvalue weighted by molar-refractivity contribution is -0.140. The highest BCUT2D eigenvalue weighted by atomic mass is 16.5. The second-order valence-corrected chi connectivity index (χ2v) is 2.52. The summed E-state index contributed by atoms with van der Waals surface area (Å²) in [5.74, 6) is -0.337. The first-order valence-electron chi connectivity index (χ1n) is 4.32. The quantitative estimate of drug-likeness (QED) is 0.480. The van der Waals surface area contributed by atoms with Crippen LogP contribution >= 0.6 is 0 Å². The van der Waals surface area contributed by atoms with Gasteiger partial charge in [-0.05, 0) is 6.42 Å². The van der Waals surface area contributed by atoms with Crippen molar-refractivity contribution in [2.24, 2.45) is 0 Å². The van der Waals surface area contributed by atoms with Crippen molar-refractivity contribution in [1.29, 1.82) is 0 Å². The summed E-state index contributed by atoms with van der Waals surface area (Å²) in [6.45, 7) is 4.51. The first-order valence-corrected chi connectivity index (χ1v) is 4.32. The summed E-state index contributed by atoms with van der Waals surface area (Å²) in [6.07, 6.45) is 0.900. The molecule has 2 N–H and O–H groups in total. The van der Waals surface area contributed by atoms with Crippen molar-refractivity contribution in [3.05, 3.63) is 0 Å². The Balaban J connectivity index is 3.22. The fourth-order valence-corrected chi connectivity index (χ4v) is 0.660. The lowest BCUT2D eigenvalue weighted by Crippen LogP contribution is -2.37. The Kier molecular flexibility index (Phi) is 6.68. The van der Waals surface area contributed by atoms with E-state index >= 15 is 0 Å². The third-order valence-electron chi connectivity index (χ3n) is 1.23. The number of carbonyl (C=O) groups excluding carboxylic acids is 2. The molecule has 0 aliphatic heterocycles. The molecular formula is C8H16N2O3. The van der Waals surface area contributed by atoms with Gasteiger partial charge in [0.25, 0.3) is 0 Å². The van der Waals surface area contributed by atoms with Crippen molar-refractivity contribution in [3.8, 4) is 0 Å². The van der Waals surface area contributed by atoms with Crippen LogP contribution in [0.25, 0.3) is 0 Å². The molecule has 0 aromatic carbocycles. The van der Waals surface area contributed by atoms with Gasteiger partial charge in [-0.2, -0.15) is 0 Å².